The number of hydrogen-bond acceptors (Lipinski definition) is 14. The molecular formula is C57H87N15O10S2. The van der Waals surface area contributed by atoms with Crippen LogP contribution in [0.4, 0.5) is 0 Å². The van der Waals surface area contributed by atoms with Crippen LogP contribution in [-0.4, -0.2) is 138 Å². The monoisotopic (exact) mass is 1210 g/mol. The van der Waals surface area contributed by atoms with Gasteiger partial charge in [0.05, 0.1) is 13.0 Å². The lowest BCUT2D eigenvalue weighted by atomic mass is 9.76. The van der Waals surface area contributed by atoms with Crippen molar-refractivity contribution in [3.8, 4) is 5.75 Å². The Morgan fingerprint density at radius 1 is 0.655 bits per heavy atom. The molecule has 0 unspecified atom stereocenters. The highest BCUT2D eigenvalue weighted by atomic mass is 33.1. The molecule has 0 bridgehead atoms. The molecule has 1 aliphatic heterocycles. The third-order valence-corrected chi connectivity index (χ3v) is 18.7. The van der Waals surface area contributed by atoms with Gasteiger partial charge in [0.2, 0.25) is 53.2 Å². The quantitative estimate of drug-likeness (QED) is 0.0291. The Bertz CT molecular complexity index is 2600. The van der Waals surface area contributed by atoms with Crippen molar-refractivity contribution in [2.24, 2.45) is 62.1 Å². The van der Waals surface area contributed by atoms with Crippen molar-refractivity contribution < 1.29 is 47.9 Å². The first-order valence-electron chi connectivity index (χ1n) is 28.9. The van der Waals surface area contributed by atoms with Crippen LogP contribution in [0.25, 0.3) is 0 Å². The molecule has 84 heavy (non-hydrogen) atoms. The first-order valence-corrected chi connectivity index (χ1v) is 31.3. The van der Waals surface area contributed by atoms with Crippen LogP contribution in [0, 0.1) is 17.8 Å². The van der Waals surface area contributed by atoms with Gasteiger partial charge >= 0.3 is 0 Å². The Labute approximate surface area is 499 Å². The Morgan fingerprint density at radius 3 is 1.71 bits per heavy atom. The van der Waals surface area contributed by atoms with Gasteiger partial charge in [-0.15, -0.1) is 0 Å². The van der Waals surface area contributed by atoms with Crippen LogP contribution >= 0.6 is 21.6 Å². The number of nitrogens with zero attached hydrogens (tertiary/aromatic N) is 2. The summed E-state index contributed by atoms with van der Waals surface area (Å²) in [4.78, 5) is 136. The van der Waals surface area contributed by atoms with Crippen LogP contribution < -0.4 is 76.4 Å². The van der Waals surface area contributed by atoms with E-state index in [0.29, 0.717) is 23.5 Å². The summed E-state index contributed by atoms with van der Waals surface area (Å²) in [5.41, 5.74) is 34.9. The minimum absolute atomic E-state index is 0.0158. The number of nitrogens with one attached hydrogen (secondary N) is 7. The number of primary amides is 2. The van der Waals surface area contributed by atoms with Gasteiger partial charge in [0, 0.05) is 42.9 Å². The van der Waals surface area contributed by atoms with Crippen LogP contribution in [-0.2, 0) is 56.0 Å². The molecule has 27 heteroatoms. The summed E-state index contributed by atoms with van der Waals surface area (Å²) in [5, 5.41) is 19.5. The van der Waals surface area contributed by atoms with Crippen molar-refractivity contribution >= 4 is 86.7 Å². The van der Waals surface area contributed by atoms with Crippen LogP contribution in [0.5, 0.6) is 5.75 Å². The van der Waals surface area contributed by atoms with E-state index in [9.17, 15) is 38.4 Å². The third kappa shape index (κ3) is 21.4. The molecule has 3 aliphatic rings. The van der Waals surface area contributed by atoms with E-state index in [0.717, 1.165) is 51.4 Å². The molecule has 7 atom stereocenters. The highest BCUT2D eigenvalue weighted by Crippen LogP contribution is 2.57. The SMILES string of the molecule is CCOc1ccc(C[C@@H]2NC(=O)CC(C3CCCC3)(C3CCCC3)SSC[C@@H](C(=O)N[C@H](CCCN=C(N)N)C(=O)N[C@H](CCCN=C(N)N)C(N)=O)NC(=O)[C@H](CC(N)=O)NC(=O)[C@H](C(C)C)NC(=O)[C@H](Cc3ccccc3)NC2=O)cc1. The number of benzene rings is 2. The zero-order chi connectivity index (χ0) is 61.3. The summed E-state index contributed by atoms with van der Waals surface area (Å²) in [6.07, 6.45) is 6.60. The molecule has 0 spiro atoms. The van der Waals surface area contributed by atoms with Crippen molar-refractivity contribution in [1.82, 2.24) is 37.2 Å². The standard InChI is InChI=1S/C57H87N15O10S2/c1-4-82-38-24-22-35(23-25-38)29-41-50(77)69-42(28-34-14-6-5-7-15-34)52(79)72-47(33(2)3)54(81)70-43(30-45(58)73)51(78)71-44(32-83-84-57(31-46(74)66-41,36-16-8-9-17-36)37-18-10-11-19-37)53(80)68-40(21-13-27-65-56(62)63)49(76)67-39(48(59)75)20-12-26-64-55(60)61/h5-7,14-15,22-25,33,36-37,39-44,47H,4,8-13,16-21,26-32H2,1-3H3,(H2,58,73)(H2,59,75)(H,66,74)(H,67,76)(H,68,80)(H,69,77)(H,70,81)(H,71,78)(H,72,79)(H4,60,61,64)(H4,62,63,65)/t39-,40-,41+,42+,43+,44+,47+/m1/s1. The molecule has 0 aromatic heterocycles. The fraction of sp³-hybridized carbons (Fsp3) is 0.596. The Morgan fingerprint density at radius 2 is 1.18 bits per heavy atom. The van der Waals surface area contributed by atoms with Crippen molar-refractivity contribution in [1.29, 1.82) is 0 Å². The first-order chi connectivity index (χ1) is 40.1. The Hall–Kier alpha value is -7.29. The van der Waals surface area contributed by atoms with Crippen LogP contribution in [0.3, 0.4) is 0 Å². The van der Waals surface area contributed by atoms with Gasteiger partial charge in [-0.05, 0) is 99.3 Å². The fourth-order valence-corrected chi connectivity index (χ4v) is 14.9. The molecule has 2 aromatic rings. The molecule has 462 valence electrons. The molecule has 3 fully saturated rings. The molecule has 25 nitrogen and oxygen atoms in total. The predicted octanol–water partition coefficient (Wildman–Crippen LogP) is 0.292. The maximum atomic E-state index is 15.1. The minimum atomic E-state index is -1.69. The summed E-state index contributed by atoms with van der Waals surface area (Å²) < 4.78 is 4.93. The average Bonchev–Trinajstić information content (AvgIpc) is 2.31. The molecule has 1 saturated heterocycles. The number of aliphatic imine (C=N–C) groups is 2. The number of carbonyl (C=O) groups is 9. The lowest BCUT2D eigenvalue weighted by Crippen LogP contribution is -2.62. The maximum absolute atomic E-state index is 15.1. The van der Waals surface area contributed by atoms with Gasteiger partial charge in [0.15, 0.2) is 11.9 Å². The smallest absolute Gasteiger partial charge is 0.244 e. The predicted molar refractivity (Wildman–Crippen MR) is 324 cm³/mol. The van der Waals surface area contributed by atoms with Crippen molar-refractivity contribution in [2.75, 3.05) is 25.4 Å². The lowest BCUT2D eigenvalue weighted by molar-refractivity contribution is -0.136. The molecule has 9 amide bonds. The van der Waals surface area contributed by atoms with Crippen LogP contribution in [0.2, 0.25) is 0 Å². The number of hydrogen-bond donors (Lipinski definition) is 13. The summed E-state index contributed by atoms with van der Waals surface area (Å²) in [6.45, 7) is 5.78. The van der Waals surface area contributed by atoms with E-state index in [4.69, 9.17) is 39.1 Å². The van der Waals surface area contributed by atoms with Crippen molar-refractivity contribution in [3.05, 3.63) is 65.7 Å². The molecule has 2 aliphatic carbocycles. The van der Waals surface area contributed by atoms with E-state index in [1.165, 1.54) is 21.6 Å². The third-order valence-electron chi connectivity index (χ3n) is 15.3. The van der Waals surface area contributed by atoms with Gasteiger partial charge in [0.25, 0.3) is 0 Å². The average molecular weight is 1210 g/mol. The zero-order valence-corrected chi connectivity index (χ0v) is 50.0. The largest absolute Gasteiger partial charge is 0.494 e. The number of amides is 9. The van der Waals surface area contributed by atoms with Gasteiger partial charge in [-0.25, -0.2) is 0 Å². The molecular weight excluding hydrogens is 1120 g/mol. The molecule has 19 N–H and O–H groups in total. The van der Waals surface area contributed by atoms with E-state index in [-0.39, 0.29) is 87.5 Å². The molecule has 2 saturated carbocycles. The summed E-state index contributed by atoms with van der Waals surface area (Å²) in [6, 6.07) is 6.52. The van der Waals surface area contributed by atoms with Crippen LogP contribution in [0.1, 0.15) is 122 Å². The van der Waals surface area contributed by atoms with Gasteiger partial charge in [0.1, 0.15) is 48.0 Å². The number of nitrogens with two attached hydrogens (primary N) is 6. The number of rotatable bonds is 24. The lowest BCUT2D eigenvalue weighted by Gasteiger charge is -2.43. The highest BCUT2D eigenvalue weighted by Gasteiger charge is 2.50. The fourth-order valence-electron chi connectivity index (χ4n) is 11.0. The number of guanidine groups is 2. The van der Waals surface area contributed by atoms with Gasteiger partial charge < -0.3 is 76.4 Å². The van der Waals surface area contributed by atoms with E-state index in [2.05, 4.69) is 47.2 Å². The summed E-state index contributed by atoms with van der Waals surface area (Å²) in [5.74, 6) is -7.71. The number of ether oxygens (including phenoxy) is 1. The van der Waals surface area contributed by atoms with Crippen molar-refractivity contribution in [2.45, 2.75) is 171 Å². The van der Waals surface area contributed by atoms with E-state index in [1.54, 1.807) is 56.3 Å². The Balaban J connectivity index is 1.61. The van der Waals surface area contributed by atoms with E-state index in [1.807, 2.05) is 19.1 Å². The maximum Gasteiger partial charge on any atom is 0.244 e. The summed E-state index contributed by atoms with van der Waals surface area (Å²) in [7, 11) is 2.71. The molecule has 2 aromatic carbocycles. The molecule has 1 heterocycles. The second-order valence-electron chi connectivity index (χ2n) is 22.1. The normalized spacial score (nSPS) is 22.1. The first kappa shape index (κ1) is 67.5. The minimum Gasteiger partial charge on any atom is -0.494 e. The van der Waals surface area contributed by atoms with Crippen molar-refractivity contribution in [3.63, 3.8) is 0 Å². The topological polar surface area (TPSA) is 428 Å². The second-order valence-corrected chi connectivity index (χ2v) is 24.8. The molecule has 0 radical (unpaired) electrons. The van der Waals surface area contributed by atoms with Gasteiger partial charge in [-0.1, -0.05) is 104 Å². The molecule has 5 rings (SSSR count). The van der Waals surface area contributed by atoms with E-state index < -0.39 is 113 Å². The Kier molecular flexibility index (Phi) is 27.2. The summed E-state index contributed by atoms with van der Waals surface area (Å²) >= 11 is 0. The van der Waals surface area contributed by atoms with Gasteiger partial charge in [-0.3, -0.25) is 53.1 Å². The second kappa shape index (κ2) is 33.9. The highest BCUT2D eigenvalue weighted by molar-refractivity contribution is 8.77. The van der Waals surface area contributed by atoms with Gasteiger partial charge in [-0.2, -0.15) is 0 Å². The zero-order valence-electron chi connectivity index (χ0n) is 48.4. The van der Waals surface area contributed by atoms with E-state index >= 15 is 4.79 Å². The number of carbonyl (C=O) groups excluding carboxylic acids is 9. The van der Waals surface area contributed by atoms with Crippen LogP contribution in [0.15, 0.2) is 64.6 Å².